The highest BCUT2D eigenvalue weighted by molar-refractivity contribution is 6.01. The van der Waals surface area contributed by atoms with E-state index in [4.69, 9.17) is 5.73 Å². The second kappa shape index (κ2) is 4.48. The second-order valence-electron chi connectivity index (χ2n) is 5.50. The first-order valence-corrected chi connectivity index (χ1v) is 7.12. The Balaban J connectivity index is 1.84. The van der Waals surface area contributed by atoms with Crippen molar-refractivity contribution in [2.45, 2.75) is 20.0 Å². The molecule has 0 radical (unpaired) electrons. The van der Waals surface area contributed by atoms with Gasteiger partial charge >= 0.3 is 0 Å². The molecule has 5 heteroatoms. The van der Waals surface area contributed by atoms with Crippen LogP contribution in [0.25, 0.3) is 10.8 Å². The van der Waals surface area contributed by atoms with Crippen LogP contribution < -0.4 is 10.6 Å². The van der Waals surface area contributed by atoms with Crippen LogP contribution >= 0.6 is 0 Å². The molecule has 0 unspecified atom stereocenters. The summed E-state index contributed by atoms with van der Waals surface area (Å²) in [6.45, 7) is 4.78. The number of fused-ring (bicyclic) bond motifs is 2. The summed E-state index contributed by atoms with van der Waals surface area (Å²) in [7, 11) is 0. The molecule has 2 aromatic heterocycles. The molecule has 0 saturated heterocycles. The molecule has 5 nitrogen and oxygen atoms in total. The number of hydrogen-bond donors (Lipinski definition) is 1. The van der Waals surface area contributed by atoms with Gasteiger partial charge in [0.25, 0.3) is 0 Å². The average molecular weight is 279 g/mol. The van der Waals surface area contributed by atoms with Crippen molar-refractivity contribution in [3.05, 3.63) is 48.3 Å². The van der Waals surface area contributed by atoms with Gasteiger partial charge in [0.15, 0.2) is 0 Å². The van der Waals surface area contributed by atoms with Crippen LogP contribution in [0.5, 0.6) is 0 Å². The van der Waals surface area contributed by atoms with Crippen LogP contribution in [0.3, 0.4) is 0 Å². The number of aryl methyl sites for hydroxylation is 1. The zero-order valence-corrected chi connectivity index (χ0v) is 12.0. The molecule has 1 aliphatic rings. The minimum Gasteiger partial charge on any atom is -0.398 e. The Morgan fingerprint density at radius 3 is 2.95 bits per heavy atom. The first kappa shape index (κ1) is 12.2. The fourth-order valence-corrected chi connectivity index (χ4v) is 3.00. The number of nitrogens with two attached hydrogens (primary N) is 1. The molecule has 0 amide bonds. The minimum absolute atomic E-state index is 0.778. The molecule has 0 saturated carbocycles. The summed E-state index contributed by atoms with van der Waals surface area (Å²) in [5, 5.41) is 2.19. The monoisotopic (exact) mass is 279 g/mol. The van der Waals surface area contributed by atoms with Crippen LogP contribution in [0.4, 0.5) is 11.4 Å². The van der Waals surface area contributed by atoms with Crippen molar-refractivity contribution in [3.8, 4) is 0 Å². The molecule has 0 aliphatic carbocycles. The molecule has 3 heterocycles. The largest absolute Gasteiger partial charge is 0.398 e. The maximum absolute atomic E-state index is 6.09. The molecular weight excluding hydrogens is 262 g/mol. The van der Waals surface area contributed by atoms with Gasteiger partial charge in [-0.05, 0) is 25.1 Å². The van der Waals surface area contributed by atoms with Gasteiger partial charge in [0.2, 0.25) is 0 Å². The fourth-order valence-electron chi connectivity index (χ4n) is 3.00. The van der Waals surface area contributed by atoms with Crippen LogP contribution in [0.1, 0.15) is 11.5 Å². The fraction of sp³-hybridized carbons (Fsp3) is 0.250. The van der Waals surface area contributed by atoms with Gasteiger partial charge in [-0.25, -0.2) is 4.98 Å². The Bertz CT molecular complexity index is 821. The number of benzene rings is 1. The van der Waals surface area contributed by atoms with E-state index in [2.05, 4.69) is 31.6 Å². The molecule has 2 N–H and O–H groups in total. The number of imidazole rings is 1. The number of anilines is 2. The normalized spacial score (nSPS) is 14.4. The van der Waals surface area contributed by atoms with Crippen LogP contribution in [-0.4, -0.2) is 21.1 Å². The van der Waals surface area contributed by atoms with Crippen molar-refractivity contribution in [2.24, 2.45) is 0 Å². The number of aromatic nitrogens is 3. The van der Waals surface area contributed by atoms with Crippen LogP contribution in [0.15, 0.2) is 36.8 Å². The highest BCUT2D eigenvalue weighted by atomic mass is 15.2. The topological polar surface area (TPSA) is 60.0 Å². The zero-order chi connectivity index (χ0) is 14.4. The maximum Gasteiger partial charge on any atom is 0.128 e. The number of pyridine rings is 1. The van der Waals surface area contributed by atoms with Crippen LogP contribution in [0, 0.1) is 6.92 Å². The summed E-state index contributed by atoms with van der Waals surface area (Å²) in [6, 6.07) is 6.19. The van der Waals surface area contributed by atoms with E-state index in [9.17, 15) is 0 Å². The summed E-state index contributed by atoms with van der Waals surface area (Å²) in [6.07, 6.45) is 5.78. The van der Waals surface area contributed by atoms with Crippen molar-refractivity contribution in [3.63, 3.8) is 0 Å². The predicted molar refractivity (Wildman–Crippen MR) is 84.2 cm³/mol. The molecule has 1 aliphatic heterocycles. The zero-order valence-electron chi connectivity index (χ0n) is 12.0. The lowest BCUT2D eigenvalue weighted by Crippen LogP contribution is -2.33. The lowest BCUT2D eigenvalue weighted by molar-refractivity contribution is 0.561. The average Bonchev–Trinajstić information content (AvgIpc) is 2.95. The van der Waals surface area contributed by atoms with Gasteiger partial charge in [0.05, 0.1) is 6.54 Å². The Kier molecular flexibility index (Phi) is 2.60. The number of nitrogen functional groups attached to an aromatic ring is 1. The van der Waals surface area contributed by atoms with Crippen molar-refractivity contribution >= 4 is 22.1 Å². The van der Waals surface area contributed by atoms with Gasteiger partial charge in [-0.1, -0.05) is 0 Å². The molecule has 106 valence electrons. The number of nitrogens with zero attached hydrogens (tertiary/aromatic N) is 4. The highest BCUT2D eigenvalue weighted by Gasteiger charge is 2.19. The van der Waals surface area contributed by atoms with E-state index in [1.165, 1.54) is 11.1 Å². The predicted octanol–water partition coefficient (Wildman–Crippen LogP) is 2.34. The molecule has 21 heavy (non-hydrogen) atoms. The molecular formula is C16H17N5. The van der Waals surface area contributed by atoms with Crippen LogP contribution in [0.2, 0.25) is 0 Å². The van der Waals surface area contributed by atoms with Gasteiger partial charge in [0, 0.05) is 59.5 Å². The summed E-state index contributed by atoms with van der Waals surface area (Å²) in [5.41, 5.74) is 9.08. The van der Waals surface area contributed by atoms with Gasteiger partial charge in [-0.3, -0.25) is 4.98 Å². The van der Waals surface area contributed by atoms with E-state index in [1.807, 2.05) is 31.6 Å². The molecule has 1 aromatic carbocycles. The van der Waals surface area contributed by atoms with Crippen molar-refractivity contribution in [1.82, 2.24) is 14.5 Å². The first-order chi connectivity index (χ1) is 10.2. The summed E-state index contributed by atoms with van der Waals surface area (Å²) >= 11 is 0. The lowest BCUT2D eigenvalue weighted by Gasteiger charge is -2.30. The standard InChI is InChI=1S/C16H17N5/c1-11-8-12-13(9-19-11)14(17)2-3-15(12)21-7-6-20-5-4-18-16(20)10-21/h2-5,8-9H,6-7,10,17H2,1H3. The third-order valence-electron chi connectivity index (χ3n) is 4.13. The second-order valence-corrected chi connectivity index (χ2v) is 5.50. The van der Waals surface area contributed by atoms with Gasteiger partial charge in [-0.2, -0.15) is 0 Å². The molecule has 0 spiro atoms. The SMILES string of the molecule is Cc1cc2c(N3CCn4ccnc4C3)ccc(N)c2cn1. The van der Waals surface area contributed by atoms with Gasteiger partial charge < -0.3 is 15.2 Å². The molecule has 4 rings (SSSR count). The van der Waals surface area contributed by atoms with E-state index < -0.39 is 0 Å². The summed E-state index contributed by atoms with van der Waals surface area (Å²) in [5.74, 6) is 1.11. The van der Waals surface area contributed by atoms with Gasteiger partial charge in [-0.15, -0.1) is 0 Å². The highest BCUT2D eigenvalue weighted by Crippen LogP contribution is 2.32. The molecule has 0 bridgehead atoms. The van der Waals surface area contributed by atoms with Crippen LogP contribution in [-0.2, 0) is 13.1 Å². The lowest BCUT2D eigenvalue weighted by atomic mass is 10.1. The van der Waals surface area contributed by atoms with E-state index in [-0.39, 0.29) is 0 Å². The smallest absolute Gasteiger partial charge is 0.128 e. The molecule has 0 atom stereocenters. The van der Waals surface area contributed by atoms with E-state index in [1.54, 1.807) is 0 Å². The Morgan fingerprint density at radius 2 is 2.05 bits per heavy atom. The number of hydrogen-bond acceptors (Lipinski definition) is 4. The first-order valence-electron chi connectivity index (χ1n) is 7.12. The maximum atomic E-state index is 6.09. The molecule has 3 aromatic rings. The quantitative estimate of drug-likeness (QED) is 0.695. The van der Waals surface area contributed by atoms with Gasteiger partial charge in [0.1, 0.15) is 5.82 Å². The number of rotatable bonds is 1. The third-order valence-corrected chi connectivity index (χ3v) is 4.13. The Morgan fingerprint density at radius 1 is 1.14 bits per heavy atom. The van der Waals surface area contributed by atoms with Crippen molar-refractivity contribution < 1.29 is 0 Å². The Hall–Kier alpha value is -2.56. The molecule has 0 fully saturated rings. The summed E-state index contributed by atoms with van der Waals surface area (Å²) < 4.78 is 2.21. The van der Waals surface area contributed by atoms with E-state index in [0.29, 0.717) is 0 Å². The summed E-state index contributed by atoms with van der Waals surface area (Å²) in [4.78, 5) is 11.2. The van der Waals surface area contributed by atoms with E-state index in [0.717, 1.165) is 42.2 Å². The third kappa shape index (κ3) is 1.93. The Labute approximate surface area is 123 Å². The minimum atomic E-state index is 0.778. The van der Waals surface area contributed by atoms with Crippen molar-refractivity contribution in [2.75, 3.05) is 17.2 Å². The van der Waals surface area contributed by atoms with E-state index >= 15 is 0 Å². The van der Waals surface area contributed by atoms with Crippen molar-refractivity contribution in [1.29, 1.82) is 0 Å².